The summed E-state index contributed by atoms with van der Waals surface area (Å²) in [5, 5.41) is 0. The van der Waals surface area contributed by atoms with Crippen molar-refractivity contribution < 1.29 is 0 Å². The predicted molar refractivity (Wildman–Crippen MR) is 269 cm³/mol. The maximum absolute atomic E-state index is 5.16. The van der Waals surface area contributed by atoms with Gasteiger partial charge in [0.05, 0.1) is 11.4 Å². The highest BCUT2D eigenvalue weighted by molar-refractivity contribution is 5.75. The molecular weight excluding hydrogens is 803 g/mol. The summed E-state index contributed by atoms with van der Waals surface area (Å²) in [7, 11) is 0. The second-order valence-corrected chi connectivity index (χ2v) is 17.2. The van der Waals surface area contributed by atoms with Crippen LogP contribution in [0.25, 0.3) is 90.3 Å². The first-order valence-corrected chi connectivity index (χ1v) is 22.9. The van der Waals surface area contributed by atoms with E-state index in [9.17, 15) is 0 Å². The van der Waals surface area contributed by atoms with Gasteiger partial charge in [0, 0.05) is 38.8 Å². The topological polar surface area (TPSA) is 64.5 Å². The summed E-state index contributed by atoms with van der Waals surface area (Å²) in [5.74, 6) is 2.68. The van der Waals surface area contributed by atoms with Crippen LogP contribution >= 0.6 is 0 Å². The fourth-order valence-electron chi connectivity index (χ4n) is 9.51. The van der Waals surface area contributed by atoms with Crippen molar-refractivity contribution in [1.82, 2.24) is 24.9 Å². The Balaban J connectivity index is 0.919. The van der Waals surface area contributed by atoms with Gasteiger partial charge in [0.15, 0.2) is 23.3 Å². The molecule has 0 amide bonds. The number of hydrogen-bond acceptors (Lipinski definition) is 5. The summed E-state index contributed by atoms with van der Waals surface area (Å²) in [6, 6.07) is 78.8. The molecule has 0 radical (unpaired) electrons. The molecule has 1 fully saturated rings. The molecular formula is C61H47N5. The molecule has 10 aromatic rings. The van der Waals surface area contributed by atoms with E-state index in [1.807, 2.05) is 48.5 Å². The summed E-state index contributed by atoms with van der Waals surface area (Å²) in [6.45, 7) is 0. The van der Waals surface area contributed by atoms with Gasteiger partial charge in [-0.1, -0.05) is 238 Å². The molecule has 66 heavy (non-hydrogen) atoms. The van der Waals surface area contributed by atoms with Crippen molar-refractivity contribution >= 4 is 0 Å². The second kappa shape index (κ2) is 18.1. The summed E-state index contributed by atoms with van der Waals surface area (Å²) in [6.07, 6.45) is 5.80. The molecule has 5 nitrogen and oxygen atoms in total. The Hall–Kier alpha value is -8.15. The number of rotatable bonds is 10. The molecule has 5 heteroatoms. The first-order chi connectivity index (χ1) is 32.6. The van der Waals surface area contributed by atoms with Crippen LogP contribution in [0, 0.1) is 0 Å². The zero-order valence-electron chi connectivity index (χ0n) is 36.6. The zero-order valence-corrected chi connectivity index (χ0v) is 36.6. The summed E-state index contributed by atoms with van der Waals surface area (Å²) in [4.78, 5) is 25.4. The van der Waals surface area contributed by atoms with Gasteiger partial charge in [-0.2, -0.15) is 0 Å². The van der Waals surface area contributed by atoms with Crippen LogP contribution in [-0.4, -0.2) is 24.9 Å². The van der Waals surface area contributed by atoms with Gasteiger partial charge in [-0.05, 0) is 52.3 Å². The second-order valence-electron chi connectivity index (χ2n) is 17.2. The lowest BCUT2D eigenvalue weighted by Crippen LogP contribution is -2.30. The van der Waals surface area contributed by atoms with Crippen LogP contribution in [0.15, 0.2) is 224 Å². The highest BCUT2D eigenvalue weighted by Gasteiger charge is 2.36. The fourth-order valence-corrected chi connectivity index (χ4v) is 9.51. The molecule has 0 unspecified atom stereocenters. The number of hydrogen-bond donors (Lipinski definition) is 0. The molecule has 1 aliphatic carbocycles. The van der Waals surface area contributed by atoms with E-state index in [1.54, 1.807) is 0 Å². The molecule has 0 atom stereocenters. The lowest BCUT2D eigenvalue weighted by Gasteiger charge is -2.39. The Morgan fingerprint density at radius 2 is 0.515 bits per heavy atom. The van der Waals surface area contributed by atoms with Crippen molar-refractivity contribution in [2.75, 3.05) is 0 Å². The van der Waals surface area contributed by atoms with Gasteiger partial charge < -0.3 is 0 Å². The highest BCUT2D eigenvalue weighted by Crippen LogP contribution is 2.46. The van der Waals surface area contributed by atoms with Crippen molar-refractivity contribution in [3.05, 3.63) is 236 Å². The molecule has 316 valence electrons. The van der Waals surface area contributed by atoms with E-state index in [-0.39, 0.29) is 5.41 Å². The smallest absolute Gasteiger partial charge is 0.164 e. The van der Waals surface area contributed by atoms with Gasteiger partial charge in [0.1, 0.15) is 0 Å². The maximum Gasteiger partial charge on any atom is 0.164 e. The first kappa shape index (κ1) is 40.6. The Labute approximate surface area is 386 Å². The number of benzene rings is 8. The van der Waals surface area contributed by atoms with Gasteiger partial charge in [-0.15, -0.1) is 0 Å². The third-order valence-electron chi connectivity index (χ3n) is 13.1. The van der Waals surface area contributed by atoms with Crippen molar-refractivity contribution in [3.8, 4) is 90.3 Å². The van der Waals surface area contributed by atoms with Gasteiger partial charge >= 0.3 is 0 Å². The Morgan fingerprint density at radius 3 is 0.909 bits per heavy atom. The van der Waals surface area contributed by atoms with Crippen LogP contribution in [0.5, 0.6) is 0 Å². The minimum Gasteiger partial charge on any atom is -0.228 e. The Bertz CT molecular complexity index is 2990. The highest BCUT2D eigenvalue weighted by atomic mass is 15.0. The molecule has 11 rings (SSSR count). The third kappa shape index (κ3) is 8.35. The Kier molecular flexibility index (Phi) is 11.2. The number of nitrogens with zero attached hydrogens (tertiary/aromatic N) is 5. The van der Waals surface area contributed by atoms with E-state index < -0.39 is 0 Å². The molecule has 2 aromatic heterocycles. The van der Waals surface area contributed by atoms with Gasteiger partial charge in [0.25, 0.3) is 0 Å². The summed E-state index contributed by atoms with van der Waals surface area (Å²) in [5.41, 5.74) is 15.0. The number of aromatic nitrogens is 5. The molecule has 0 bridgehead atoms. The van der Waals surface area contributed by atoms with Crippen molar-refractivity contribution in [2.24, 2.45) is 0 Å². The van der Waals surface area contributed by atoms with Crippen molar-refractivity contribution in [3.63, 3.8) is 0 Å². The minimum atomic E-state index is -0.109. The fraction of sp³-hybridized carbons (Fsp3) is 0.0984. The van der Waals surface area contributed by atoms with Crippen LogP contribution in [0.4, 0.5) is 0 Å². The molecule has 0 N–H and O–H groups in total. The largest absolute Gasteiger partial charge is 0.228 e. The van der Waals surface area contributed by atoms with Gasteiger partial charge in [0.2, 0.25) is 0 Å². The van der Waals surface area contributed by atoms with E-state index >= 15 is 0 Å². The van der Waals surface area contributed by atoms with Crippen LogP contribution in [0.3, 0.4) is 0 Å². The predicted octanol–water partition coefficient (Wildman–Crippen LogP) is 15.2. The minimum absolute atomic E-state index is 0.109. The lowest BCUT2D eigenvalue weighted by atomic mass is 9.65. The van der Waals surface area contributed by atoms with Crippen LogP contribution < -0.4 is 0 Å². The Morgan fingerprint density at radius 1 is 0.242 bits per heavy atom. The first-order valence-electron chi connectivity index (χ1n) is 22.9. The van der Waals surface area contributed by atoms with Crippen molar-refractivity contribution in [1.29, 1.82) is 0 Å². The van der Waals surface area contributed by atoms with Crippen molar-refractivity contribution in [2.45, 2.75) is 37.5 Å². The normalized spacial score (nSPS) is 13.3. The monoisotopic (exact) mass is 849 g/mol. The van der Waals surface area contributed by atoms with Crippen LogP contribution in [-0.2, 0) is 5.41 Å². The zero-order chi connectivity index (χ0) is 44.1. The molecule has 1 saturated carbocycles. The standard InChI is InChI=1S/C61H47N5/c1-6-16-43(17-7-1)45-24-28-47(29-25-45)55-42-56(63-57(62-55)49-20-10-3-11-21-49)48-32-36-53(37-33-48)61(40-14-5-15-41-61)54-38-34-52(35-39-54)60-65-58(50-22-12-4-13-23-50)64-59(66-60)51-30-26-46(27-31-51)44-18-8-2-9-19-44/h1-4,6-13,16-39,42H,5,14-15,40-41H2. The van der Waals surface area contributed by atoms with Gasteiger partial charge in [-0.25, -0.2) is 24.9 Å². The maximum atomic E-state index is 5.16. The SMILES string of the molecule is c1ccc(-c2ccc(-c3cc(-c4ccc(C5(c6ccc(-c7nc(-c8ccccc8)nc(-c8ccc(-c9ccccc9)cc8)n7)cc6)CCCCC5)cc4)nc(-c4ccccc4)n3)cc2)cc1. The molecule has 8 aromatic carbocycles. The summed E-state index contributed by atoms with van der Waals surface area (Å²) >= 11 is 0. The van der Waals surface area contributed by atoms with E-state index in [2.05, 4.69) is 176 Å². The van der Waals surface area contributed by atoms with E-state index in [4.69, 9.17) is 24.9 Å². The lowest BCUT2D eigenvalue weighted by molar-refractivity contribution is 0.346. The summed E-state index contributed by atoms with van der Waals surface area (Å²) < 4.78 is 0. The molecule has 1 aliphatic rings. The van der Waals surface area contributed by atoms with E-state index in [0.717, 1.165) is 63.2 Å². The average molecular weight is 850 g/mol. The molecule has 0 aliphatic heterocycles. The molecule has 2 heterocycles. The van der Waals surface area contributed by atoms with E-state index in [0.29, 0.717) is 23.3 Å². The van der Waals surface area contributed by atoms with Gasteiger partial charge in [-0.3, -0.25) is 0 Å². The third-order valence-corrected chi connectivity index (χ3v) is 13.1. The molecule has 0 saturated heterocycles. The van der Waals surface area contributed by atoms with Crippen LogP contribution in [0.1, 0.15) is 43.2 Å². The average Bonchev–Trinajstić information content (AvgIpc) is 3.42. The quantitative estimate of drug-likeness (QED) is 0.137. The molecule has 0 spiro atoms. The van der Waals surface area contributed by atoms with E-state index in [1.165, 1.54) is 47.1 Å². The van der Waals surface area contributed by atoms with Crippen LogP contribution in [0.2, 0.25) is 0 Å².